The lowest BCUT2D eigenvalue weighted by atomic mass is 10.2. The van der Waals surface area contributed by atoms with Gasteiger partial charge < -0.3 is 15.2 Å². The topological polar surface area (TPSA) is 75.6 Å². The van der Waals surface area contributed by atoms with Gasteiger partial charge in [0, 0.05) is 18.9 Å². The maximum absolute atomic E-state index is 12.0. The molecule has 0 aliphatic heterocycles. The summed E-state index contributed by atoms with van der Waals surface area (Å²) < 4.78 is 5.48. The van der Waals surface area contributed by atoms with E-state index in [-0.39, 0.29) is 18.2 Å². The Morgan fingerprint density at radius 2 is 1.96 bits per heavy atom. The summed E-state index contributed by atoms with van der Waals surface area (Å²) in [5, 5.41) is 11.6. The first-order valence-electron chi connectivity index (χ1n) is 8.35. The largest absolute Gasteiger partial charge is 0.494 e. The number of ether oxygens (including phenoxy) is 1. The van der Waals surface area contributed by atoms with Gasteiger partial charge in [-0.25, -0.2) is 0 Å². The first kappa shape index (κ1) is 15.8. The van der Waals surface area contributed by atoms with Gasteiger partial charge in [0.05, 0.1) is 6.61 Å². The molecule has 1 aromatic rings. The van der Waals surface area contributed by atoms with Crippen molar-refractivity contribution in [1.29, 1.82) is 0 Å². The van der Waals surface area contributed by atoms with E-state index in [1.807, 2.05) is 24.3 Å². The van der Waals surface area contributed by atoms with Gasteiger partial charge in [-0.2, -0.15) is 0 Å². The van der Waals surface area contributed by atoms with Crippen molar-refractivity contribution >= 4 is 11.9 Å². The van der Waals surface area contributed by atoms with Gasteiger partial charge >= 0.3 is 5.97 Å². The number of hydrogen-bond acceptors (Lipinski definition) is 3. The van der Waals surface area contributed by atoms with Gasteiger partial charge in [-0.1, -0.05) is 12.1 Å². The Hall–Kier alpha value is -2.04. The van der Waals surface area contributed by atoms with Crippen LogP contribution in [0.3, 0.4) is 0 Å². The van der Waals surface area contributed by atoms with Crippen molar-refractivity contribution in [1.82, 2.24) is 5.32 Å². The van der Waals surface area contributed by atoms with Crippen LogP contribution in [0.15, 0.2) is 24.3 Å². The zero-order valence-electron chi connectivity index (χ0n) is 13.2. The molecular formula is C18H23NO4. The number of aliphatic carboxylic acids is 1. The van der Waals surface area contributed by atoms with Crippen molar-refractivity contribution in [2.75, 3.05) is 6.61 Å². The van der Waals surface area contributed by atoms with E-state index in [0.29, 0.717) is 25.5 Å². The molecule has 23 heavy (non-hydrogen) atoms. The molecule has 2 aliphatic rings. The van der Waals surface area contributed by atoms with Crippen molar-refractivity contribution in [3.8, 4) is 5.75 Å². The quantitative estimate of drug-likeness (QED) is 0.686. The van der Waals surface area contributed by atoms with E-state index in [2.05, 4.69) is 5.32 Å². The Bertz CT molecular complexity index is 565. The molecule has 3 rings (SSSR count). The lowest BCUT2D eigenvalue weighted by molar-refractivity contribution is -0.137. The minimum absolute atomic E-state index is 0.118. The van der Waals surface area contributed by atoms with Crippen molar-refractivity contribution < 1.29 is 19.4 Å². The second kappa shape index (κ2) is 7.02. The molecule has 2 fully saturated rings. The summed E-state index contributed by atoms with van der Waals surface area (Å²) in [5.74, 6) is 1.83. The zero-order valence-corrected chi connectivity index (χ0v) is 13.2. The number of rotatable bonds is 9. The molecule has 124 valence electrons. The third-order valence-electron chi connectivity index (χ3n) is 4.60. The number of carboxylic acid groups (broad SMARTS) is 1. The maximum atomic E-state index is 12.0. The molecule has 5 heteroatoms. The molecule has 2 saturated carbocycles. The molecular weight excluding hydrogens is 294 g/mol. The summed E-state index contributed by atoms with van der Waals surface area (Å²) >= 11 is 0. The molecule has 2 N–H and O–H groups in total. The SMILES string of the molecule is O=C(O)CCCOc1ccc(CNC(=O)C2CC2C2CC2)cc1. The van der Waals surface area contributed by atoms with Gasteiger partial charge in [0.15, 0.2) is 0 Å². The van der Waals surface area contributed by atoms with Crippen molar-refractivity contribution in [2.45, 2.75) is 38.6 Å². The zero-order chi connectivity index (χ0) is 16.2. The van der Waals surface area contributed by atoms with Crippen LogP contribution >= 0.6 is 0 Å². The molecule has 0 saturated heterocycles. The fourth-order valence-corrected chi connectivity index (χ4v) is 3.00. The summed E-state index contributed by atoms with van der Waals surface area (Å²) in [4.78, 5) is 22.4. The van der Waals surface area contributed by atoms with E-state index in [1.165, 1.54) is 12.8 Å². The number of hydrogen-bond donors (Lipinski definition) is 2. The molecule has 2 aliphatic carbocycles. The summed E-state index contributed by atoms with van der Waals surface area (Å²) in [6.07, 6.45) is 4.30. The highest BCUT2D eigenvalue weighted by Gasteiger charge is 2.50. The Morgan fingerprint density at radius 3 is 2.61 bits per heavy atom. The minimum Gasteiger partial charge on any atom is -0.494 e. The molecule has 0 radical (unpaired) electrons. The predicted octanol–water partition coefficient (Wildman–Crippen LogP) is 2.59. The van der Waals surface area contributed by atoms with E-state index >= 15 is 0 Å². The number of amides is 1. The van der Waals surface area contributed by atoms with E-state index < -0.39 is 5.97 Å². The van der Waals surface area contributed by atoms with Gasteiger partial charge in [0.2, 0.25) is 5.91 Å². The molecule has 5 nitrogen and oxygen atoms in total. The van der Waals surface area contributed by atoms with Crippen LogP contribution in [0.2, 0.25) is 0 Å². The number of carboxylic acids is 1. The third kappa shape index (κ3) is 4.71. The summed E-state index contributed by atoms with van der Waals surface area (Å²) in [6, 6.07) is 7.56. The molecule has 2 atom stereocenters. The van der Waals surface area contributed by atoms with Crippen molar-refractivity contribution in [3.05, 3.63) is 29.8 Å². The Labute approximate surface area is 136 Å². The number of carbonyl (C=O) groups excluding carboxylic acids is 1. The smallest absolute Gasteiger partial charge is 0.303 e. The van der Waals surface area contributed by atoms with Crippen LogP contribution in [-0.4, -0.2) is 23.6 Å². The molecule has 0 heterocycles. The normalized spacial score (nSPS) is 22.4. The first-order chi connectivity index (χ1) is 11.1. The molecule has 1 aromatic carbocycles. The molecule has 0 spiro atoms. The second-order valence-corrected chi connectivity index (χ2v) is 6.55. The second-order valence-electron chi connectivity index (χ2n) is 6.55. The van der Waals surface area contributed by atoms with Crippen LogP contribution in [0, 0.1) is 17.8 Å². The van der Waals surface area contributed by atoms with Crippen molar-refractivity contribution in [3.63, 3.8) is 0 Å². The summed E-state index contributed by atoms with van der Waals surface area (Å²) in [5.41, 5.74) is 1.04. The number of carbonyl (C=O) groups is 2. The van der Waals surface area contributed by atoms with Crippen molar-refractivity contribution in [2.24, 2.45) is 17.8 Å². The minimum atomic E-state index is -0.806. The molecule has 0 aromatic heterocycles. The Kier molecular flexibility index (Phi) is 4.84. The number of nitrogens with one attached hydrogen (secondary N) is 1. The van der Waals surface area contributed by atoms with E-state index in [1.54, 1.807) is 0 Å². The predicted molar refractivity (Wildman–Crippen MR) is 85.0 cm³/mol. The average molecular weight is 317 g/mol. The van der Waals surface area contributed by atoms with Gasteiger partial charge in [0.25, 0.3) is 0 Å². The van der Waals surface area contributed by atoms with Crippen LogP contribution in [0.4, 0.5) is 0 Å². The lowest BCUT2D eigenvalue weighted by Crippen LogP contribution is -2.25. The highest BCUT2D eigenvalue weighted by Crippen LogP contribution is 2.54. The average Bonchev–Trinajstić information content (AvgIpc) is 3.41. The van der Waals surface area contributed by atoms with Crippen LogP contribution in [0.1, 0.15) is 37.7 Å². The first-order valence-corrected chi connectivity index (χ1v) is 8.35. The Balaban J connectivity index is 1.35. The van der Waals surface area contributed by atoms with Gasteiger partial charge in [-0.05, 0) is 55.2 Å². The highest BCUT2D eigenvalue weighted by atomic mass is 16.5. The Morgan fingerprint density at radius 1 is 1.22 bits per heavy atom. The monoisotopic (exact) mass is 317 g/mol. The fraction of sp³-hybridized carbons (Fsp3) is 0.556. The third-order valence-corrected chi connectivity index (χ3v) is 4.60. The summed E-state index contributed by atoms with van der Waals surface area (Å²) in [6.45, 7) is 0.943. The molecule has 2 unspecified atom stereocenters. The number of benzene rings is 1. The van der Waals surface area contributed by atoms with Gasteiger partial charge in [0.1, 0.15) is 5.75 Å². The maximum Gasteiger partial charge on any atom is 0.303 e. The van der Waals surface area contributed by atoms with Crippen LogP contribution in [0.25, 0.3) is 0 Å². The van der Waals surface area contributed by atoms with E-state index in [0.717, 1.165) is 23.7 Å². The van der Waals surface area contributed by atoms with Gasteiger partial charge in [-0.3, -0.25) is 9.59 Å². The van der Waals surface area contributed by atoms with Crippen LogP contribution in [-0.2, 0) is 16.1 Å². The summed E-state index contributed by atoms with van der Waals surface area (Å²) in [7, 11) is 0. The molecule has 0 bridgehead atoms. The highest BCUT2D eigenvalue weighted by molar-refractivity contribution is 5.81. The lowest BCUT2D eigenvalue weighted by Gasteiger charge is -2.08. The van der Waals surface area contributed by atoms with Crippen LogP contribution < -0.4 is 10.1 Å². The fourth-order valence-electron chi connectivity index (χ4n) is 3.00. The van der Waals surface area contributed by atoms with Crippen LogP contribution in [0.5, 0.6) is 5.75 Å². The standard InChI is InChI=1S/C18H23NO4/c20-17(21)2-1-9-23-14-7-3-12(4-8-14)11-19-18(22)16-10-15(16)13-5-6-13/h3-4,7-8,13,15-16H,1-2,5-6,9-11H2,(H,19,22)(H,20,21). The van der Waals surface area contributed by atoms with Gasteiger partial charge in [-0.15, -0.1) is 0 Å². The van der Waals surface area contributed by atoms with E-state index in [4.69, 9.17) is 9.84 Å². The van der Waals surface area contributed by atoms with E-state index in [9.17, 15) is 9.59 Å². The molecule has 1 amide bonds.